The lowest BCUT2D eigenvalue weighted by Crippen LogP contribution is -2.53. The molecule has 1 aromatic heterocycles. The number of aliphatic carboxylic acids is 1. The van der Waals surface area contributed by atoms with Gasteiger partial charge in [0.15, 0.2) is 0 Å². The monoisotopic (exact) mass is 265 g/mol. The summed E-state index contributed by atoms with van der Waals surface area (Å²) in [6, 6.07) is 0. The van der Waals surface area contributed by atoms with Crippen LogP contribution in [0, 0.1) is 0 Å². The lowest BCUT2D eigenvalue weighted by Gasteiger charge is -2.34. The SMILES string of the molecule is CCCC1(C(=O)O)CCCN1C(=O)c1cnn(C)c1. The predicted molar refractivity (Wildman–Crippen MR) is 68.8 cm³/mol. The van der Waals surface area contributed by atoms with Gasteiger partial charge in [0.1, 0.15) is 5.54 Å². The smallest absolute Gasteiger partial charge is 0.329 e. The summed E-state index contributed by atoms with van der Waals surface area (Å²) in [6.45, 7) is 2.44. The summed E-state index contributed by atoms with van der Waals surface area (Å²) in [6.07, 6.45) is 5.61. The fourth-order valence-electron chi connectivity index (χ4n) is 2.86. The molecule has 1 aliphatic rings. The van der Waals surface area contributed by atoms with E-state index in [9.17, 15) is 14.7 Å². The van der Waals surface area contributed by atoms with Crippen molar-refractivity contribution in [2.24, 2.45) is 7.05 Å². The fraction of sp³-hybridized carbons (Fsp3) is 0.615. The van der Waals surface area contributed by atoms with Crippen LogP contribution in [-0.2, 0) is 11.8 Å². The molecule has 6 heteroatoms. The van der Waals surface area contributed by atoms with Gasteiger partial charge in [-0.25, -0.2) is 4.79 Å². The molecule has 104 valence electrons. The number of likely N-dealkylation sites (tertiary alicyclic amines) is 1. The minimum atomic E-state index is -1.04. The van der Waals surface area contributed by atoms with Crippen molar-refractivity contribution in [3.63, 3.8) is 0 Å². The summed E-state index contributed by atoms with van der Waals surface area (Å²) in [5.74, 6) is -1.13. The fourth-order valence-corrected chi connectivity index (χ4v) is 2.86. The summed E-state index contributed by atoms with van der Waals surface area (Å²) in [5.41, 5.74) is -0.590. The molecule has 1 atom stereocenters. The van der Waals surface area contributed by atoms with Crippen molar-refractivity contribution in [3.05, 3.63) is 18.0 Å². The molecule has 1 fully saturated rings. The lowest BCUT2D eigenvalue weighted by atomic mass is 9.90. The highest BCUT2D eigenvalue weighted by atomic mass is 16.4. The van der Waals surface area contributed by atoms with Crippen molar-refractivity contribution in [2.45, 2.75) is 38.1 Å². The summed E-state index contributed by atoms with van der Waals surface area (Å²) in [5, 5.41) is 13.5. The Morgan fingerprint density at radius 3 is 2.79 bits per heavy atom. The Bertz CT molecular complexity index is 497. The summed E-state index contributed by atoms with van der Waals surface area (Å²) in [7, 11) is 1.73. The molecular formula is C13H19N3O3. The van der Waals surface area contributed by atoms with Gasteiger partial charge in [-0.1, -0.05) is 13.3 Å². The van der Waals surface area contributed by atoms with Crippen molar-refractivity contribution < 1.29 is 14.7 Å². The zero-order chi connectivity index (χ0) is 14.0. The molecule has 6 nitrogen and oxygen atoms in total. The summed E-state index contributed by atoms with van der Waals surface area (Å²) >= 11 is 0. The minimum Gasteiger partial charge on any atom is -0.479 e. The third-order valence-electron chi connectivity index (χ3n) is 3.75. The molecule has 2 rings (SSSR count). The van der Waals surface area contributed by atoms with Crippen LogP contribution in [0.15, 0.2) is 12.4 Å². The Kier molecular flexibility index (Phi) is 3.59. The molecule has 0 bridgehead atoms. The van der Waals surface area contributed by atoms with E-state index in [1.54, 1.807) is 17.9 Å². The average molecular weight is 265 g/mol. The molecular weight excluding hydrogens is 246 g/mol. The van der Waals surface area contributed by atoms with Gasteiger partial charge in [0.2, 0.25) is 0 Å². The number of aryl methyl sites for hydroxylation is 1. The highest BCUT2D eigenvalue weighted by Crippen LogP contribution is 2.35. The first-order chi connectivity index (χ1) is 9.01. The van der Waals surface area contributed by atoms with Gasteiger partial charge in [-0.2, -0.15) is 5.10 Å². The molecule has 1 aliphatic heterocycles. The van der Waals surface area contributed by atoms with E-state index in [1.807, 2.05) is 6.92 Å². The topological polar surface area (TPSA) is 75.4 Å². The first-order valence-electron chi connectivity index (χ1n) is 6.55. The number of amides is 1. The van der Waals surface area contributed by atoms with E-state index in [2.05, 4.69) is 5.10 Å². The van der Waals surface area contributed by atoms with E-state index in [0.29, 0.717) is 24.9 Å². The molecule has 1 aromatic rings. The Balaban J connectivity index is 2.31. The molecule has 0 radical (unpaired) electrons. The van der Waals surface area contributed by atoms with E-state index in [1.165, 1.54) is 11.1 Å². The first-order valence-corrected chi connectivity index (χ1v) is 6.55. The standard InChI is InChI=1S/C13H19N3O3/c1-3-5-13(12(18)19)6-4-7-16(13)11(17)10-8-14-15(2)9-10/h8-9H,3-7H2,1-2H3,(H,18,19). The number of hydrogen-bond acceptors (Lipinski definition) is 3. The zero-order valence-corrected chi connectivity index (χ0v) is 11.3. The molecule has 1 saturated heterocycles. The second-order valence-corrected chi connectivity index (χ2v) is 5.05. The largest absolute Gasteiger partial charge is 0.479 e. The second kappa shape index (κ2) is 5.03. The molecule has 0 aliphatic carbocycles. The van der Waals surface area contributed by atoms with Crippen LogP contribution in [0.25, 0.3) is 0 Å². The van der Waals surface area contributed by atoms with Crippen molar-refractivity contribution in [1.29, 1.82) is 0 Å². The number of carboxylic acids is 1. The van der Waals surface area contributed by atoms with Gasteiger partial charge in [0.05, 0.1) is 11.8 Å². The Hall–Kier alpha value is -1.85. The second-order valence-electron chi connectivity index (χ2n) is 5.05. The number of carboxylic acid groups (broad SMARTS) is 1. The Labute approximate surface area is 112 Å². The van der Waals surface area contributed by atoms with Crippen LogP contribution in [0.1, 0.15) is 43.0 Å². The average Bonchev–Trinajstić information content (AvgIpc) is 2.96. The van der Waals surface area contributed by atoms with E-state index >= 15 is 0 Å². The maximum absolute atomic E-state index is 12.5. The maximum atomic E-state index is 12.5. The van der Waals surface area contributed by atoms with Gasteiger partial charge < -0.3 is 10.0 Å². The number of nitrogens with zero attached hydrogens (tertiary/aromatic N) is 3. The van der Waals surface area contributed by atoms with E-state index in [4.69, 9.17) is 0 Å². The van der Waals surface area contributed by atoms with Crippen LogP contribution in [0.4, 0.5) is 0 Å². The molecule has 1 amide bonds. The van der Waals surface area contributed by atoms with Crippen LogP contribution < -0.4 is 0 Å². The van der Waals surface area contributed by atoms with Crippen molar-refractivity contribution in [1.82, 2.24) is 14.7 Å². The third-order valence-corrected chi connectivity index (χ3v) is 3.75. The molecule has 19 heavy (non-hydrogen) atoms. The van der Waals surface area contributed by atoms with Gasteiger partial charge >= 0.3 is 5.97 Å². The number of carbonyl (C=O) groups is 2. The lowest BCUT2D eigenvalue weighted by molar-refractivity contribution is -0.148. The van der Waals surface area contributed by atoms with Crippen molar-refractivity contribution in [2.75, 3.05) is 6.54 Å². The molecule has 2 heterocycles. The number of carbonyl (C=O) groups excluding carboxylic acids is 1. The Morgan fingerprint density at radius 1 is 1.53 bits per heavy atom. The van der Waals surface area contributed by atoms with Crippen LogP contribution in [0.5, 0.6) is 0 Å². The predicted octanol–water partition coefficient (Wildman–Crippen LogP) is 1.28. The van der Waals surface area contributed by atoms with Crippen LogP contribution in [0.3, 0.4) is 0 Å². The molecule has 0 saturated carbocycles. The van der Waals surface area contributed by atoms with Crippen molar-refractivity contribution >= 4 is 11.9 Å². The highest BCUT2D eigenvalue weighted by Gasteiger charge is 2.49. The van der Waals surface area contributed by atoms with Gasteiger partial charge in [0.25, 0.3) is 5.91 Å². The van der Waals surface area contributed by atoms with Gasteiger partial charge in [-0.15, -0.1) is 0 Å². The number of rotatable bonds is 4. The quantitative estimate of drug-likeness (QED) is 0.889. The zero-order valence-electron chi connectivity index (χ0n) is 11.3. The van der Waals surface area contributed by atoms with E-state index < -0.39 is 11.5 Å². The number of hydrogen-bond donors (Lipinski definition) is 1. The summed E-state index contributed by atoms with van der Waals surface area (Å²) in [4.78, 5) is 25.6. The molecule has 0 aromatic carbocycles. The first kappa shape index (κ1) is 13.6. The molecule has 0 spiro atoms. The minimum absolute atomic E-state index is 0.235. The number of aromatic nitrogens is 2. The van der Waals surface area contributed by atoms with E-state index in [0.717, 1.165) is 12.8 Å². The van der Waals surface area contributed by atoms with E-state index in [-0.39, 0.29) is 5.91 Å². The van der Waals surface area contributed by atoms with Crippen LogP contribution in [0.2, 0.25) is 0 Å². The highest BCUT2D eigenvalue weighted by molar-refractivity contribution is 5.98. The maximum Gasteiger partial charge on any atom is 0.329 e. The molecule has 1 unspecified atom stereocenters. The third kappa shape index (κ3) is 2.22. The summed E-state index contributed by atoms with van der Waals surface area (Å²) < 4.78 is 1.55. The van der Waals surface area contributed by atoms with Crippen molar-refractivity contribution in [3.8, 4) is 0 Å². The Morgan fingerprint density at radius 2 is 2.26 bits per heavy atom. The van der Waals surface area contributed by atoms with Gasteiger partial charge in [-0.3, -0.25) is 9.48 Å². The molecule has 1 N–H and O–H groups in total. The van der Waals surface area contributed by atoms with Gasteiger partial charge in [0, 0.05) is 19.8 Å². The van der Waals surface area contributed by atoms with Gasteiger partial charge in [-0.05, 0) is 19.3 Å². The van der Waals surface area contributed by atoms with Crippen LogP contribution >= 0.6 is 0 Å². The van der Waals surface area contributed by atoms with Crippen LogP contribution in [-0.4, -0.2) is 43.7 Å². The normalized spacial score (nSPS) is 22.7.